The summed E-state index contributed by atoms with van der Waals surface area (Å²) in [6, 6.07) is 8.21. The molecule has 1 unspecified atom stereocenters. The molecule has 0 aliphatic carbocycles. The zero-order chi connectivity index (χ0) is 11.1. The van der Waals surface area contributed by atoms with Gasteiger partial charge in [0, 0.05) is 16.9 Å². The first-order valence-corrected chi connectivity index (χ1v) is 6.65. The van der Waals surface area contributed by atoms with E-state index < -0.39 is 0 Å². The van der Waals surface area contributed by atoms with E-state index in [1.54, 1.807) is 7.11 Å². The van der Waals surface area contributed by atoms with Crippen LogP contribution >= 0.6 is 23.4 Å². The van der Waals surface area contributed by atoms with Crippen molar-refractivity contribution in [2.24, 2.45) is 0 Å². The van der Waals surface area contributed by atoms with E-state index in [0.717, 1.165) is 23.8 Å². The predicted octanol–water partition coefficient (Wildman–Crippen LogP) is 3.95. The van der Waals surface area contributed by atoms with Crippen molar-refractivity contribution in [2.75, 3.05) is 13.0 Å². The second-order valence-corrected chi connectivity index (χ2v) is 5.26. The van der Waals surface area contributed by atoms with Gasteiger partial charge in [0.15, 0.2) is 0 Å². The lowest BCUT2D eigenvalue weighted by Gasteiger charge is -2.09. The number of hydrogen-bond donors (Lipinski definition) is 0. The molecule has 84 valence electrons. The highest BCUT2D eigenvalue weighted by atomic mass is 35.5. The SMILES string of the molecule is COc1cccc(CSC(C)CCCl)c1. The smallest absolute Gasteiger partial charge is 0.119 e. The predicted molar refractivity (Wildman–Crippen MR) is 69.1 cm³/mol. The first-order valence-electron chi connectivity index (χ1n) is 5.06. The van der Waals surface area contributed by atoms with Crippen molar-refractivity contribution in [2.45, 2.75) is 24.3 Å². The number of halogens is 1. The number of benzene rings is 1. The molecule has 1 nitrogen and oxygen atoms in total. The molecule has 0 aliphatic heterocycles. The van der Waals surface area contributed by atoms with Crippen molar-refractivity contribution in [3.63, 3.8) is 0 Å². The molecule has 0 aromatic heterocycles. The van der Waals surface area contributed by atoms with Gasteiger partial charge in [-0.2, -0.15) is 11.8 Å². The third-order valence-corrected chi connectivity index (χ3v) is 3.71. The molecule has 1 aromatic carbocycles. The molecular formula is C12H17ClOS. The van der Waals surface area contributed by atoms with Gasteiger partial charge in [0.1, 0.15) is 5.75 Å². The molecule has 1 rings (SSSR count). The molecule has 0 heterocycles. The molecule has 0 N–H and O–H groups in total. The van der Waals surface area contributed by atoms with Crippen molar-refractivity contribution < 1.29 is 4.74 Å². The van der Waals surface area contributed by atoms with E-state index >= 15 is 0 Å². The van der Waals surface area contributed by atoms with Crippen LogP contribution in [0.1, 0.15) is 18.9 Å². The summed E-state index contributed by atoms with van der Waals surface area (Å²) in [5, 5.41) is 0.619. The highest BCUT2D eigenvalue weighted by Gasteiger charge is 2.02. The average molecular weight is 245 g/mol. The van der Waals surface area contributed by atoms with E-state index in [0.29, 0.717) is 5.25 Å². The molecule has 0 radical (unpaired) electrons. The monoisotopic (exact) mass is 244 g/mol. The summed E-state index contributed by atoms with van der Waals surface area (Å²) in [5.41, 5.74) is 1.31. The van der Waals surface area contributed by atoms with Crippen LogP contribution < -0.4 is 4.74 Å². The molecule has 0 saturated carbocycles. The Morgan fingerprint density at radius 2 is 2.27 bits per heavy atom. The fraction of sp³-hybridized carbons (Fsp3) is 0.500. The Bertz CT molecular complexity index is 291. The minimum Gasteiger partial charge on any atom is -0.497 e. The van der Waals surface area contributed by atoms with Crippen LogP contribution in [0.15, 0.2) is 24.3 Å². The number of alkyl halides is 1. The molecule has 0 saturated heterocycles. The van der Waals surface area contributed by atoms with Gasteiger partial charge < -0.3 is 4.74 Å². The molecule has 1 aromatic rings. The lowest BCUT2D eigenvalue weighted by Crippen LogP contribution is -1.97. The lowest BCUT2D eigenvalue weighted by molar-refractivity contribution is 0.414. The Kier molecular flexibility index (Phi) is 5.96. The van der Waals surface area contributed by atoms with Gasteiger partial charge in [-0.3, -0.25) is 0 Å². The van der Waals surface area contributed by atoms with Gasteiger partial charge in [0.2, 0.25) is 0 Å². The molecular weight excluding hydrogens is 228 g/mol. The Labute approximate surface area is 101 Å². The van der Waals surface area contributed by atoms with Crippen LogP contribution in [0.25, 0.3) is 0 Å². The standard InChI is InChI=1S/C12H17ClOS/c1-10(6-7-13)15-9-11-4-3-5-12(8-11)14-2/h3-5,8,10H,6-7,9H2,1-2H3. The van der Waals surface area contributed by atoms with Gasteiger partial charge in [-0.05, 0) is 24.1 Å². The first-order chi connectivity index (χ1) is 7.26. The van der Waals surface area contributed by atoms with Gasteiger partial charge >= 0.3 is 0 Å². The topological polar surface area (TPSA) is 9.23 Å². The summed E-state index contributed by atoms with van der Waals surface area (Å²) < 4.78 is 5.18. The normalized spacial score (nSPS) is 12.5. The van der Waals surface area contributed by atoms with Crippen LogP contribution in [0.2, 0.25) is 0 Å². The lowest BCUT2D eigenvalue weighted by atomic mass is 10.2. The van der Waals surface area contributed by atoms with Crippen LogP contribution in [0.4, 0.5) is 0 Å². The van der Waals surface area contributed by atoms with Gasteiger partial charge in [-0.1, -0.05) is 19.1 Å². The van der Waals surface area contributed by atoms with E-state index in [-0.39, 0.29) is 0 Å². The van der Waals surface area contributed by atoms with Gasteiger partial charge in [-0.25, -0.2) is 0 Å². The Morgan fingerprint density at radius 1 is 1.47 bits per heavy atom. The summed E-state index contributed by atoms with van der Waals surface area (Å²) in [6.07, 6.45) is 1.07. The van der Waals surface area contributed by atoms with E-state index in [4.69, 9.17) is 16.3 Å². The molecule has 3 heteroatoms. The Balaban J connectivity index is 2.43. The Hall–Kier alpha value is -0.340. The molecule has 0 bridgehead atoms. The van der Waals surface area contributed by atoms with Gasteiger partial charge in [0.25, 0.3) is 0 Å². The largest absolute Gasteiger partial charge is 0.497 e. The summed E-state index contributed by atoms with van der Waals surface area (Å²) in [5.74, 6) is 2.69. The number of methoxy groups -OCH3 is 1. The van der Waals surface area contributed by atoms with E-state index in [2.05, 4.69) is 19.1 Å². The second-order valence-electron chi connectivity index (χ2n) is 3.45. The van der Waals surface area contributed by atoms with E-state index in [1.165, 1.54) is 5.56 Å². The quantitative estimate of drug-likeness (QED) is 0.701. The summed E-state index contributed by atoms with van der Waals surface area (Å²) in [6.45, 7) is 2.22. The summed E-state index contributed by atoms with van der Waals surface area (Å²) in [7, 11) is 1.70. The molecule has 0 amide bonds. The fourth-order valence-electron chi connectivity index (χ4n) is 1.24. The number of ether oxygens (including phenoxy) is 1. The number of rotatable bonds is 6. The van der Waals surface area contributed by atoms with Crippen LogP contribution in [-0.2, 0) is 5.75 Å². The third kappa shape index (κ3) is 4.80. The van der Waals surface area contributed by atoms with E-state index in [1.807, 2.05) is 23.9 Å². The highest BCUT2D eigenvalue weighted by Crippen LogP contribution is 2.22. The minimum atomic E-state index is 0.619. The van der Waals surface area contributed by atoms with Gasteiger partial charge in [-0.15, -0.1) is 11.6 Å². The molecule has 0 aliphatic rings. The van der Waals surface area contributed by atoms with Crippen LogP contribution in [-0.4, -0.2) is 18.2 Å². The van der Waals surface area contributed by atoms with Crippen LogP contribution in [0.5, 0.6) is 5.75 Å². The van der Waals surface area contributed by atoms with Crippen molar-refractivity contribution in [1.82, 2.24) is 0 Å². The Morgan fingerprint density at radius 3 is 2.93 bits per heavy atom. The minimum absolute atomic E-state index is 0.619. The van der Waals surface area contributed by atoms with Crippen molar-refractivity contribution >= 4 is 23.4 Å². The van der Waals surface area contributed by atoms with Crippen LogP contribution in [0.3, 0.4) is 0 Å². The first kappa shape index (κ1) is 12.7. The fourth-order valence-corrected chi connectivity index (χ4v) is 2.64. The molecule has 0 fully saturated rings. The summed E-state index contributed by atoms with van der Waals surface area (Å²) >= 11 is 7.63. The van der Waals surface area contributed by atoms with Crippen LogP contribution in [0, 0.1) is 0 Å². The summed E-state index contributed by atoms with van der Waals surface area (Å²) in [4.78, 5) is 0. The van der Waals surface area contributed by atoms with E-state index in [9.17, 15) is 0 Å². The third-order valence-electron chi connectivity index (χ3n) is 2.18. The number of hydrogen-bond acceptors (Lipinski definition) is 2. The highest BCUT2D eigenvalue weighted by molar-refractivity contribution is 7.99. The number of thioether (sulfide) groups is 1. The second kappa shape index (κ2) is 7.02. The maximum absolute atomic E-state index is 5.69. The van der Waals surface area contributed by atoms with Crippen molar-refractivity contribution in [3.8, 4) is 5.75 Å². The van der Waals surface area contributed by atoms with Crippen molar-refractivity contribution in [3.05, 3.63) is 29.8 Å². The zero-order valence-corrected chi connectivity index (χ0v) is 10.8. The maximum atomic E-state index is 5.69. The zero-order valence-electron chi connectivity index (χ0n) is 9.20. The average Bonchev–Trinajstić information content (AvgIpc) is 2.27. The molecule has 15 heavy (non-hydrogen) atoms. The maximum Gasteiger partial charge on any atom is 0.119 e. The van der Waals surface area contributed by atoms with Gasteiger partial charge in [0.05, 0.1) is 7.11 Å². The molecule has 1 atom stereocenters. The molecule has 0 spiro atoms. The van der Waals surface area contributed by atoms with Crippen molar-refractivity contribution in [1.29, 1.82) is 0 Å².